The number of hydrogen-bond donors (Lipinski definition) is 1. The van der Waals surface area contributed by atoms with Crippen molar-refractivity contribution in [3.8, 4) is 5.75 Å². The lowest BCUT2D eigenvalue weighted by molar-refractivity contribution is -0.123. The fraction of sp³-hybridized carbons (Fsp3) is 0.438. The molecule has 0 saturated carbocycles. The molecule has 1 N–H and O–H groups in total. The molecule has 5 nitrogen and oxygen atoms in total. The average molecular weight is 351 g/mol. The lowest BCUT2D eigenvalue weighted by atomic mass is 9.92. The second-order valence-electron chi connectivity index (χ2n) is 5.89. The predicted octanol–water partition coefficient (Wildman–Crippen LogP) is 4.39. The molecule has 0 aliphatic rings. The Morgan fingerprint density at radius 2 is 2.04 bits per heavy atom. The molecule has 0 spiro atoms. The quantitative estimate of drug-likeness (QED) is 0.747. The molecule has 1 aromatic heterocycles. The summed E-state index contributed by atoms with van der Waals surface area (Å²) in [6, 6.07) is 7.70. The molecule has 2 aromatic rings. The number of hydrogen-bond acceptors (Lipinski definition) is 7. The lowest BCUT2D eigenvalue weighted by Crippen LogP contribution is -2.21. The normalized spacial score (nSPS) is 11.3. The van der Waals surface area contributed by atoms with Crippen molar-refractivity contribution in [3.05, 3.63) is 24.3 Å². The van der Waals surface area contributed by atoms with Gasteiger partial charge < -0.3 is 10.1 Å². The van der Waals surface area contributed by atoms with Crippen molar-refractivity contribution in [1.82, 2.24) is 10.2 Å². The average Bonchev–Trinajstić information content (AvgIpc) is 2.93. The first-order valence-electron chi connectivity index (χ1n) is 7.38. The number of benzene rings is 1. The van der Waals surface area contributed by atoms with Crippen LogP contribution in [0.5, 0.6) is 5.75 Å². The summed E-state index contributed by atoms with van der Waals surface area (Å²) in [6.07, 6.45) is 0. The van der Waals surface area contributed by atoms with E-state index in [1.54, 1.807) is 0 Å². The first kappa shape index (κ1) is 17.7. The summed E-state index contributed by atoms with van der Waals surface area (Å²) in [6.45, 7) is 8.32. The zero-order valence-corrected chi connectivity index (χ0v) is 15.4. The first-order valence-corrected chi connectivity index (χ1v) is 9.19. The SMILES string of the molecule is CCOc1ccccc1Nc1nnc(SCC(=O)C(C)(C)C)s1. The third kappa shape index (κ3) is 5.21. The Hall–Kier alpha value is -1.60. The molecule has 0 unspecified atom stereocenters. The van der Waals surface area contributed by atoms with Gasteiger partial charge in [0.05, 0.1) is 18.0 Å². The van der Waals surface area contributed by atoms with Gasteiger partial charge in [-0.05, 0) is 19.1 Å². The van der Waals surface area contributed by atoms with Gasteiger partial charge in [-0.1, -0.05) is 56.0 Å². The summed E-state index contributed by atoms with van der Waals surface area (Å²) in [5, 5.41) is 12.1. The van der Waals surface area contributed by atoms with Crippen LogP contribution in [0.3, 0.4) is 0 Å². The van der Waals surface area contributed by atoms with Crippen LogP contribution in [0.4, 0.5) is 10.8 Å². The summed E-state index contributed by atoms with van der Waals surface area (Å²) in [5.41, 5.74) is 0.530. The highest BCUT2D eigenvalue weighted by atomic mass is 32.2. The van der Waals surface area contributed by atoms with Gasteiger partial charge in [0.1, 0.15) is 11.5 Å². The highest BCUT2D eigenvalue weighted by Gasteiger charge is 2.21. The number of anilines is 2. The predicted molar refractivity (Wildman–Crippen MR) is 96.0 cm³/mol. The third-order valence-electron chi connectivity index (χ3n) is 3.00. The minimum atomic E-state index is -0.324. The van der Waals surface area contributed by atoms with E-state index in [9.17, 15) is 4.79 Å². The van der Waals surface area contributed by atoms with Crippen LogP contribution in [0.2, 0.25) is 0 Å². The van der Waals surface area contributed by atoms with Crippen LogP contribution in [0.1, 0.15) is 27.7 Å². The van der Waals surface area contributed by atoms with E-state index >= 15 is 0 Å². The van der Waals surface area contributed by atoms with Crippen LogP contribution in [0.15, 0.2) is 28.6 Å². The first-order chi connectivity index (χ1) is 10.9. The van der Waals surface area contributed by atoms with E-state index in [1.807, 2.05) is 52.0 Å². The molecule has 0 aliphatic carbocycles. The van der Waals surface area contributed by atoms with Gasteiger partial charge in [-0.3, -0.25) is 4.79 Å². The highest BCUT2D eigenvalue weighted by molar-refractivity contribution is 8.01. The molecule has 2 rings (SSSR count). The molecule has 0 atom stereocenters. The van der Waals surface area contributed by atoms with Crippen molar-refractivity contribution >= 4 is 39.7 Å². The number of para-hydroxylation sites is 2. The second kappa shape index (κ2) is 7.79. The molecule has 1 aromatic carbocycles. The van der Waals surface area contributed by atoms with Gasteiger partial charge in [-0.25, -0.2) is 0 Å². The van der Waals surface area contributed by atoms with Crippen LogP contribution in [-0.4, -0.2) is 28.3 Å². The van der Waals surface area contributed by atoms with E-state index < -0.39 is 0 Å². The molecule has 0 saturated heterocycles. The summed E-state index contributed by atoms with van der Waals surface area (Å²) in [5.74, 6) is 1.39. The summed E-state index contributed by atoms with van der Waals surface area (Å²) < 4.78 is 6.35. The number of aromatic nitrogens is 2. The van der Waals surface area contributed by atoms with Crippen molar-refractivity contribution in [2.45, 2.75) is 32.0 Å². The van der Waals surface area contributed by atoms with Crippen molar-refractivity contribution in [2.75, 3.05) is 17.7 Å². The number of thioether (sulfide) groups is 1. The van der Waals surface area contributed by atoms with Gasteiger partial charge >= 0.3 is 0 Å². The number of nitrogens with zero attached hydrogens (tertiary/aromatic N) is 2. The Morgan fingerprint density at radius 1 is 1.30 bits per heavy atom. The molecule has 124 valence electrons. The molecule has 23 heavy (non-hydrogen) atoms. The minimum Gasteiger partial charge on any atom is -0.492 e. The Labute approximate surface area is 144 Å². The van der Waals surface area contributed by atoms with Crippen molar-refractivity contribution in [2.24, 2.45) is 5.41 Å². The Bertz CT molecular complexity index is 665. The number of carbonyl (C=O) groups is 1. The summed E-state index contributed by atoms with van der Waals surface area (Å²) in [7, 11) is 0. The molecule has 1 heterocycles. The zero-order chi connectivity index (χ0) is 16.9. The van der Waals surface area contributed by atoms with Crippen LogP contribution in [0.25, 0.3) is 0 Å². The smallest absolute Gasteiger partial charge is 0.210 e. The van der Waals surface area contributed by atoms with Gasteiger partial charge in [0.2, 0.25) is 5.13 Å². The molecule has 7 heteroatoms. The number of nitrogens with one attached hydrogen (secondary N) is 1. The summed E-state index contributed by atoms with van der Waals surface area (Å²) in [4.78, 5) is 12.0. The summed E-state index contributed by atoms with van der Waals surface area (Å²) >= 11 is 2.85. The second-order valence-corrected chi connectivity index (χ2v) is 8.09. The highest BCUT2D eigenvalue weighted by Crippen LogP contribution is 2.32. The fourth-order valence-electron chi connectivity index (χ4n) is 1.63. The fourth-order valence-corrected chi connectivity index (χ4v) is 3.55. The Balaban J connectivity index is 1.99. The lowest BCUT2D eigenvalue weighted by Gasteiger charge is -2.15. The van der Waals surface area contributed by atoms with Crippen LogP contribution < -0.4 is 10.1 Å². The van der Waals surface area contributed by atoms with Crippen LogP contribution in [0, 0.1) is 5.41 Å². The molecule has 0 fully saturated rings. The number of Topliss-reactive ketones (excluding diaryl/α,β-unsaturated/α-hetero) is 1. The number of rotatable bonds is 7. The van der Waals surface area contributed by atoms with Gasteiger partial charge in [0.15, 0.2) is 4.34 Å². The number of ketones is 1. The number of carbonyl (C=O) groups excluding carboxylic acids is 1. The molecule has 0 amide bonds. The van der Waals surface area contributed by atoms with Gasteiger partial charge in [-0.15, -0.1) is 10.2 Å². The van der Waals surface area contributed by atoms with Crippen molar-refractivity contribution in [1.29, 1.82) is 0 Å². The van der Waals surface area contributed by atoms with Gasteiger partial charge in [-0.2, -0.15) is 0 Å². The van der Waals surface area contributed by atoms with Crippen LogP contribution in [-0.2, 0) is 4.79 Å². The van der Waals surface area contributed by atoms with E-state index in [-0.39, 0.29) is 11.2 Å². The van der Waals surface area contributed by atoms with Gasteiger partial charge in [0.25, 0.3) is 0 Å². The maximum Gasteiger partial charge on any atom is 0.210 e. The minimum absolute atomic E-state index is 0.203. The zero-order valence-electron chi connectivity index (χ0n) is 13.8. The molecule has 0 aliphatic heterocycles. The Morgan fingerprint density at radius 3 is 2.74 bits per heavy atom. The maximum atomic E-state index is 12.0. The Kier molecular flexibility index (Phi) is 6.01. The largest absolute Gasteiger partial charge is 0.492 e. The van der Waals surface area contributed by atoms with E-state index in [0.29, 0.717) is 17.5 Å². The molecule has 0 bridgehead atoms. The van der Waals surface area contributed by atoms with E-state index in [4.69, 9.17) is 4.74 Å². The molecular weight excluding hydrogens is 330 g/mol. The topological polar surface area (TPSA) is 64.1 Å². The van der Waals surface area contributed by atoms with Gasteiger partial charge in [0, 0.05) is 5.41 Å². The van der Waals surface area contributed by atoms with Crippen LogP contribution >= 0.6 is 23.1 Å². The van der Waals surface area contributed by atoms with Crippen molar-refractivity contribution in [3.63, 3.8) is 0 Å². The van der Waals surface area contributed by atoms with Crippen molar-refractivity contribution < 1.29 is 9.53 Å². The monoisotopic (exact) mass is 351 g/mol. The maximum absolute atomic E-state index is 12.0. The number of ether oxygens (including phenoxy) is 1. The standard InChI is InChI=1S/C16H21N3O2S2/c1-5-21-12-9-7-6-8-11(12)17-14-18-19-15(23-14)22-10-13(20)16(2,3)4/h6-9H,5,10H2,1-4H3,(H,17,18). The third-order valence-corrected chi connectivity index (χ3v) is 4.97. The van der Waals surface area contributed by atoms with E-state index in [2.05, 4.69) is 15.5 Å². The van der Waals surface area contributed by atoms with E-state index in [0.717, 1.165) is 15.8 Å². The molecular formula is C16H21N3O2S2. The molecule has 0 radical (unpaired) electrons. The van der Waals surface area contributed by atoms with E-state index in [1.165, 1.54) is 23.1 Å².